The number of nitrogens with zero attached hydrogens (tertiary/aromatic N) is 1. The number of nitrogens with two attached hydrogens (primary N) is 1. The number of ether oxygens (including phenoxy) is 2. The van der Waals surface area contributed by atoms with E-state index in [9.17, 15) is 4.39 Å². The lowest BCUT2D eigenvalue weighted by Gasteiger charge is -2.11. The van der Waals surface area contributed by atoms with Crippen molar-refractivity contribution < 1.29 is 13.9 Å². The molecule has 0 aliphatic heterocycles. The first-order chi connectivity index (χ1) is 9.74. The Bertz CT molecular complexity index is 576. The Morgan fingerprint density at radius 3 is 2.85 bits per heavy atom. The summed E-state index contributed by atoms with van der Waals surface area (Å²) in [6.07, 6.45) is 2.48. The van der Waals surface area contributed by atoms with E-state index in [0.717, 1.165) is 6.42 Å². The number of halogens is 1. The molecular formula is C15H17FN2O2. The van der Waals surface area contributed by atoms with E-state index in [0.29, 0.717) is 29.5 Å². The van der Waals surface area contributed by atoms with Crippen molar-refractivity contribution in [3.05, 3.63) is 47.9 Å². The first-order valence-electron chi connectivity index (χ1n) is 6.48. The van der Waals surface area contributed by atoms with Gasteiger partial charge in [0.15, 0.2) is 5.75 Å². The van der Waals surface area contributed by atoms with Crippen LogP contribution in [0.15, 0.2) is 36.5 Å². The second-order valence-corrected chi connectivity index (χ2v) is 4.21. The predicted octanol–water partition coefficient (Wildman–Crippen LogP) is 3.26. The predicted molar refractivity (Wildman–Crippen MR) is 74.4 cm³/mol. The zero-order valence-electron chi connectivity index (χ0n) is 11.3. The minimum atomic E-state index is -0.392. The van der Waals surface area contributed by atoms with Crippen LogP contribution in [0.25, 0.3) is 0 Å². The molecule has 1 aromatic heterocycles. The van der Waals surface area contributed by atoms with Crippen molar-refractivity contribution in [2.45, 2.75) is 19.9 Å². The van der Waals surface area contributed by atoms with E-state index in [-0.39, 0.29) is 6.54 Å². The number of benzene rings is 1. The Kier molecular flexibility index (Phi) is 4.90. The van der Waals surface area contributed by atoms with E-state index in [1.165, 1.54) is 6.07 Å². The van der Waals surface area contributed by atoms with Crippen LogP contribution in [0.1, 0.15) is 18.9 Å². The maximum atomic E-state index is 13.6. The summed E-state index contributed by atoms with van der Waals surface area (Å²) in [6.45, 7) is 2.74. The third kappa shape index (κ3) is 3.45. The highest BCUT2D eigenvalue weighted by Crippen LogP contribution is 2.29. The standard InChI is InChI=1S/C15H17FN2O2/c1-2-8-19-14-4-3-7-18-15(14)20-12-6-5-11(10-17)13(16)9-12/h3-7,9H,2,8,10,17H2,1H3. The van der Waals surface area contributed by atoms with Crippen molar-refractivity contribution in [2.75, 3.05) is 6.61 Å². The molecule has 5 heteroatoms. The zero-order chi connectivity index (χ0) is 14.4. The molecule has 0 amide bonds. The van der Waals surface area contributed by atoms with Crippen LogP contribution in [0.2, 0.25) is 0 Å². The van der Waals surface area contributed by atoms with E-state index in [2.05, 4.69) is 4.98 Å². The molecule has 2 aromatic rings. The molecule has 106 valence electrons. The number of aromatic nitrogens is 1. The Balaban J connectivity index is 2.19. The monoisotopic (exact) mass is 276 g/mol. The van der Waals surface area contributed by atoms with Crippen molar-refractivity contribution in [1.82, 2.24) is 4.98 Å². The summed E-state index contributed by atoms with van der Waals surface area (Å²) >= 11 is 0. The van der Waals surface area contributed by atoms with Crippen LogP contribution < -0.4 is 15.2 Å². The summed E-state index contributed by atoms with van der Waals surface area (Å²) in [7, 11) is 0. The highest BCUT2D eigenvalue weighted by Gasteiger charge is 2.09. The lowest BCUT2D eigenvalue weighted by Crippen LogP contribution is -2.01. The topological polar surface area (TPSA) is 57.4 Å². The zero-order valence-corrected chi connectivity index (χ0v) is 11.3. The quantitative estimate of drug-likeness (QED) is 0.879. The number of hydrogen-bond acceptors (Lipinski definition) is 4. The van der Waals surface area contributed by atoms with Crippen molar-refractivity contribution in [3.8, 4) is 17.4 Å². The molecule has 2 N–H and O–H groups in total. The van der Waals surface area contributed by atoms with Crippen LogP contribution in [-0.4, -0.2) is 11.6 Å². The van der Waals surface area contributed by atoms with E-state index in [4.69, 9.17) is 15.2 Å². The summed E-state index contributed by atoms with van der Waals surface area (Å²) < 4.78 is 24.7. The van der Waals surface area contributed by atoms with Crippen LogP contribution in [0.3, 0.4) is 0 Å². The van der Waals surface area contributed by atoms with Gasteiger partial charge in [-0.2, -0.15) is 0 Å². The van der Waals surface area contributed by atoms with E-state index in [1.807, 2.05) is 6.92 Å². The average Bonchev–Trinajstić information content (AvgIpc) is 2.46. The van der Waals surface area contributed by atoms with Crippen LogP contribution in [0, 0.1) is 5.82 Å². The van der Waals surface area contributed by atoms with Gasteiger partial charge < -0.3 is 15.2 Å². The number of rotatable bonds is 6. The Morgan fingerprint density at radius 1 is 1.30 bits per heavy atom. The molecule has 0 saturated carbocycles. The molecule has 0 aliphatic rings. The number of pyridine rings is 1. The third-order valence-corrected chi connectivity index (χ3v) is 2.66. The summed E-state index contributed by atoms with van der Waals surface area (Å²) in [4.78, 5) is 4.10. The van der Waals surface area contributed by atoms with Gasteiger partial charge in [0.25, 0.3) is 5.88 Å². The lowest BCUT2D eigenvalue weighted by molar-refractivity contribution is 0.298. The second-order valence-electron chi connectivity index (χ2n) is 4.21. The molecule has 0 fully saturated rings. The summed E-state index contributed by atoms with van der Waals surface area (Å²) in [5, 5.41) is 0. The van der Waals surface area contributed by atoms with Gasteiger partial charge in [0.05, 0.1) is 6.61 Å². The lowest BCUT2D eigenvalue weighted by atomic mass is 10.2. The third-order valence-electron chi connectivity index (χ3n) is 2.66. The summed E-state index contributed by atoms with van der Waals surface area (Å²) in [5.74, 6) is 0.829. The molecule has 1 aromatic carbocycles. The normalized spacial score (nSPS) is 10.3. The van der Waals surface area contributed by atoms with Crippen molar-refractivity contribution in [2.24, 2.45) is 5.73 Å². The first kappa shape index (κ1) is 14.3. The molecule has 0 atom stereocenters. The van der Waals surface area contributed by atoms with Gasteiger partial charge in [-0.1, -0.05) is 13.0 Å². The fourth-order valence-electron chi connectivity index (χ4n) is 1.64. The molecule has 4 nitrogen and oxygen atoms in total. The molecular weight excluding hydrogens is 259 g/mol. The Hall–Kier alpha value is -2.14. The maximum absolute atomic E-state index is 13.6. The van der Waals surface area contributed by atoms with Crippen molar-refractivity contribution in [1.29, 1.82) is 0 Å². The van der Waals surface area contributed by atoms with Crippen LogP contribution in [0.5, 0.6) is 17.4 Å². The molecule has 0 saturated heterocycles. The average molecular weight is 276 g/mol. The van der Waals surface area contributed by atoms with Gasteiger partial charge in [0, 0.05) is 24.4 Å². The van der Waals surface area contributed by atoms with Crippen molar-refractivity contribution in [3.63, 3.8) is 0 Å². The number of hydrogen-bond donors (Lipinski definition) is 1. The van der Waals surface area contributed by atoms with Crippen LogP contribution >= 0.6 is 0 Å². The second kappa shape index (κ2) is 6.86. The molecule has 0 radical (unpaired) electrons. The van der Waals surface area contributed by atoms with E-state index < -0.39 is 5.82 Å². The maximum Gasteiger partial charge on any atom is 0.262 e. The van der Waals surface area contributed by atoms with Gasteiger partial charge in [0.1, 0.15) is 11.6 Å². The highest BCUT2D eigenvalue weighted by atomic mass is 19.1. The SMILES string of the molecule is CCCOc1cccnc1Oc1ccc(CN)c(F)c1. The first-order valence-corrected chi connectivity index (χ1v) is 6.48. The minimum absolute atomic E-state index is 0.153. The Labute approximate surface area is 117 Å². The highest BCUT2D eigenvalue weighted by molar-refractivity contribution is 5.38. The van der Waals surface area contributed by atoms with E-state index in [1.54, 1.807) is 30.5 Å². The van der Waals surface area contributed by atoms with E-state index >= 15 is 0 Å². The molecule has 0 unspecified atom stereocenters. The molecule has 0 spiro atoms. The molecule has 0 bridgehead atoms. The molecule has 20 heavy (non-hydrogen) atoms. The van der Waals surface area contributed by atoms with Gasteiger partial charge in [-0.3, -0.25) is 0 Å². The fraction of sp³-hybridized carbons (Fsp3) is 0.267. The minimum Gasteiger partial charge on any atom is -0.488 e. The smallest absolute Gasteiger partial charge is 0.262 e. The van der Waals surface area contributed by atoms with Gasteiger partial charge in [-0.05, 0) is 24.6 Å². The van der Waals surface area contributed by atoms with Crippen LogP contribution in [-0.2, 0) is 6.54 Å². The molecule has 2 rings (SSSR count). The fourth-order valence-corrected chi connectivity index (χ4v) is 1.64. The molecule has 0 aliphatic carbocycles. The van der Waals surface area contributed by atoms with Gasteiger partial charge >= 0.3 is 0 Å². The molecule has 1 heterocycles. The van der Waals surface area contributed by atoms with Gasteiger partial charge in [0.2, 0.25) is 0 Å². The largest absolute Gasteiger partial charge is 0.488 e. The van der Waals surface area contributed by atoms with Crippen LogP contribution in [0.4, 0.5) is 4.39 Å². The van der Waals surface area contributed by atoms with Gasteiger partial charge in [-0.15, -0.1) is 0 Å². The van der Waals surface area contributed by atoms with Gasteiger partial charge in [-0.25, -0.2) is 9.37 Å². The summed E-state index contributed by atoms with van der Waals surface area (Å²) in [5.41, 5.74) is 5.86. The summed E-state index contributed by atoms with van der Waals surface area (Å²) in [6, 6.07) is 8.07. The van der Waals surface area contributed by atoms with Crippen molar-refractivity contribution >= 4 is 0 Å². The Morgan fingerprint density at radius 2 is 2.15 bits per heavy atom.